The monoisotopic (exact) mass is 541 g/mol. The molecule has 2 aliphatic heterocycles. The number of guanidine groups is 1. The van der Waals surface area contributed by atoms with E-state index in [1.807, 2.05) is 94.0 Å². The molecule has 1 fully saturated rings. The second-order valence-corrected chi connectivity index (χ2v) is 10.1. The van der Waals surface area contributed by atoms with Crippen molar-refractivity contribution in [3.05, 3.63) is 64.4 Å². The van der Waals surface area contributed by atoms with Gasteiger partial charge >= 0.3 is 12.0 Å². The Morgan fingerprint density at radius 3 is 2.55 bits per heavy atom. The molecule has 2 amide bonds. The zero-order valence-electron chi connectivity index (χ0n) is 23.3. The second kappa shape index (κ2) is 13.5. The Bertz CT molecular complexity index is 1130. The first-order chi connectivity index (χ1) is 18.2. The lowest BCUT2D eigenvalue weighted by atomic mass is 9.93. The van der Waals surface area contributed by atoms with Gasteiger partial charge in [0.2, 0.25) is 0 Å². The number of esters is 1. The Hall–Kier alpha value is -3.26. The standard InChI is InChI=1S/C29H40ClN5O3/c1-7-22(19-23(30)8-2)26-25(27(36)38-20(3)4)21(5)32-28(31-6)35(26)16-12-15-33-17-18-34(29(33)37)24-13-10-9-11-14-24/h7,9-11,13-14,19-20,26H,8,12,15-18H2,1-6H3,(H,31,32)/b22-7+,23-19+. The van der Waals surface area contributed by atoms with Crippen molar-refractivity contribution in [2.24, 2.45) is 4.99 Å². The van der Waals surface area contributed by atoms with Crippen LogP contribution in [0.5, 0.6) is 0 Å². The van der Waals surface area contributed by atoms with E-state index in [0.717, 1.165) is 11.3 Å². The predicted molar refractivity (Wildman–Crippen MR) is 154 cm³/mol. The molecule has 9 heteroatoms. The molecule has 1 saturated heterocycles. The number of nitrogens with zero attached hydrogens (tertiary/aromatic N) is 4. The number of anilines is 1. The smallest absolute Gasteiger partial charge is 0.338 e. The van der Waals surface area contributed by atoms with E-state index in [-0.39, 0.29) is 18.1 Å². The molecule has 0 aromatic heterocycles. The summed E-state index contributed by atoms with van der Waals surface area (Å²) < 4.78 is 5.63. The van der Waals surface area contributed by atoms with Gasteiger partial charge in [-0.15, -0.1) is 0 Å². The van der Waals surface area contributed by atoms with E-state index in [0.29, 0.717) is 61.3 Å². The van der Waals surface area contributed by atoms with E-state index in [1.54, 1.807) is 0 Å². The zero-order chi connectivity index (χ0) is 27.8. The first-order valence-electron chi connectivity index (χ1n) is 13.3. The van der Waals surface area contributed by atoms with Crippen molar-refractivity contribution in [2.45, 2.75) is 59.6 Å². The van der Waals surface area contributed by atoms with E-state index in [1.165, 1.54) is 0 Å². The van der Waals surface area contributed by atoms with Crippen LogP contribution in [0.15, 0.2) is 69.4 Å². The Labute approximate surface area is 231 Å². The van der Waals surface area contributed by atoms with Crippen LogP contribution in [0.1, 0.15) is 47.5 Å². The molecule has 2 aliphatic rings. The molecule has 0 spiro atoms. The minimum atomic E-state index is -0.429. The summed E-state index contributed by atoms with van der Waals surface area (Å²) in [5, 5.41) is 3.90. The molecule has 0 bridgehead atoms. The van der Waals surface area contributed by atoms with Crippen LogP contribution < -0.4 is 10.2 Å². The second-order valence-electron chi connectivity index (χ2n) is 9.58. The number of rotatable bonds is 10. The molecule has 0 saturated carbocycles. The molecule has 0 radical (unpaired) electrons. The molecule has 1 N–H and O–H groups in total. The van der Waals surface area contributed by atoms with Crippen LogP contribution in [-0.2, 0) is 9.53 Å². The summed E-state index contributed by atoms with van der Waals surface area (Å²) >= 11 is 6.47. The zero-order valence-corrected chi connectivity index (χ0v) is 24.1. The molecule has 1 unspecified atom stereocenters. The topological polar surface area (TPSA) is 77.5 Å². The Balaban J connectivity index is 1.85. The minimum absolute atomic E-state index is 0.0117. The number of ether oxygens (including phenoxy) is 1. The number of hydrogen-bond donors (Lipinski definition) is 1. The molecule has 1 aromatic rings. The van der Waals surface area contributed by atoms with Crippen molar-refractivity contribution in [2.75, 3.05) is 38.1 Å². The van der Waals surface area contributed by atoms with Crippen LogP contribution in [0.2, 0.25) is 0 Å². The lowest BCUT2D eigenvalue weighted by Crippen LogP contribution is -2.52. The van der Waals surface area contributed by atoms with Crippen LogP contribution in [0.4, 0.5) is 10.5 Å². The van der Waals surface area contributed by atoms with Crippen molar-refractivity contribution in [3.63, 3.8) is 0 Å². The van der Waals surface area contributed by atoms with E-state index >= 15 is 0 Å². The summed E-state index contributed by atoms with van der Waals surface area (Å²) in [6.45, 7) is 11.9. The first-order valence-corrected chi connectivity index (χ1v) is 13.7. The molecule has 3 rings (SSSR count). The summed E-state index contributed by atoms with van der Waals surface area (Å²) in [5.74, 6) is 0.271. The lowest BCUT2D eigenvalue weighted by molar-refractivity contribution is -0.143. The summed E-state index contributed by atoms with van der Waals surface area (Å²) in [6.07, 6.45) is 5.02. The van der Waals surface area contributed by atoms with Crippen molar-refractivity contribution < 1.29 is 14.3 Å². The number of carbonyl (C=O) groups excluding carboxylic acids is 2. The third-order valence-corrected chi connectivity index (χ3v) is 6.98. The predicted octanol–water partition coefficient (Wildman–Crippen LogP) is 5.28. The maximum atomic E-state index is 13.3. The Morgan fingerprint density at radius 2 is 1.95 bits per heavy atom. The van der Waals surface area contributed by atoms with Gasteiger partial charge in [-0.05, 0) is 64.3 Å². The number of benzene rings is 1. The minimum Gasteiger partial charge on any atom is -0.459 e. The quantitative estimate of drug-likeness (QED) is 0.322. The number of halogens is 1. The number of allylic oxidation sites excluding steroid dienone is 3. The largest absolute Gasteiger partial charge is 0.459 e. The maximum Gasteiger partial charge on any atom is 0.338 e. The average Bonchev–Trinajstić information content (AvgIpc) is 3.27. The van der Waals surface area contributed by atoms with Gasteiger partial charge in [-0.1, -0.05) is 42.8 Å². The highest BCUT2D eigenvalue weighted by molar-refractivity contribution is 6.29. The fourth-order valence-electron chi connectivity index (χ4n) is 4.75. The van der Waals surface area contributed by atoms with Crippen molar-refractivity contribution >= 4 is 35.2 Å². The highest BCUT2D eigenvalue weighted by Crippen LogP contribution is 2.31. The third-order valence-electron chi connectivity index (χ3n) is 6.61. The van der Waals surface area contributed by atoms with Gasteiger partial charge < -0.3 is 19.9 Å². The van der Waals surface area contributed by atoms with Crippen molar-refractivity contribution in [3.8, 4) is 0 Å². The van der Waals surface area contributed by atoms with Crippen LogP contribution in [0.25, 0.3) is 0 Å². The SMILES string of the molecule is C/C=C(\C=C(\Cl)CC)C1C(C(=O)OC(C)C)=C(C)N=C(NC)N1CCCN1CCN(c2ccccc2)C1=O. The number of urea groups is 1. The fourth-order valence-corrected chi connectivity index (χ4v) is 4.88. The van der Waals surface area contributed by atoms with Crippen LogP contribution in [0, 0.1) is 0 Å². The van der Waals surface area contributed by atoms with Gasteiger partial charge in [-0.3, -0.25) is 4.90 Å². The van der Waals surface area contributed by atoms with Crippen LogP contribution in [0.3, 0.4) is 0 Å². The normalized spacial score (nSPS) is 18.9. The number of aliphatic imine (C=N–C) groups is 1. The van der Waals surface area contributed by atoms with E-state index < -0.39 is 6.04 Å². The summed E-state index contributed by atoms with van der Waals surface area (Å²) in [4.78, 5) is 36.9. The molecular weight excluding hydrogens is 502 g/mol. The van der Waals surface area contributed by atoms with Gasteiger partial charge in [0.1, 0.15) is 0 Å². The van der Waals surface area contributed by atoms with Gasteiger partial charge in [0.25, 0.3) is 0 Å². The number of para-hydroxylation sites is 1. The lowest BCUT2D eigenvalue weighted by Gasteiger charge is -2.39. The summed E-state index contributed by atoms with van der Waals surface area (Å²) in [6, 6.07) is 9.32. The fraction of sp³-hybridized carbons (Fsp3) is 0.483. The summed E-state index contributed by atoms with van der Waals surface area (Å²) in [7, 11) is 1.82. The van der Waals surface area contributed by atoms with Crippen LogP contribution in [-0.4, -0.2) is 73.1 Å². The van der Waals surface area contributed by atoms with Crippen LogP contribution >= 0.6 is 11.6 Å². The molecule has 2 heterocycles. The molecule has 38 heavy (non-hydrogen) atoms. The molecule has 1 aromatic carbocycles. The molecule has 8 nitrogen and oxygen atoms in total. The van der Waals surface area contributed by atoms with E-state index in [2.05, 4.69) is 10.2 Å². The molecule has 1 atom stereocenters. The Morgan fingerprint density at radius 1 is 1.24 bits per heavy atom. The van der Waals surface area contributed by atoms with Gasteiger partial charge in [0.05, 0.1) is 23.4 Å². The number of hydrogen-bond acceptors (Lipinski definition) is 6. The third kappa shape index (κ3) is 6.78. The highest BCUT2D eigenvalue weighted by atomic mass is 35.5. The van der Waals surface area contributed by atoms with Gasteiger partial charge in [-0.25, -0.2) is 14.6 Å². The number of nitrogens with one attached hydrogen (secondary N) is 1. The average molecular weight is 542 g/mol. The summed E-state index contributed by atoms with van der Waals surface area (Å²) in [5.41, 5.74) is 2.90. The van der Waals surface area contributed by atoms with E-state index in [9.17, 15) is 9.59 Å². The molecule has 206 valence electrons. The van der Waals surface area contributed by atoms with Crippen molar-refractivity contribution in [1.82, 2.24) is 15.1 Å². The maximum absolute atomic E-state index is 13.3. The molecular formula is C29H40ClN5O3. The Kier molecular flexibility index (Phi) is 10.4. The molecule has 0 aliphatic carbocycles. The highest BCUT2D eigenvalue weighted by Gasteiger charge is 2.37. The van der Waals surface area contributed by atoms with Gasteiger partial charge in [0, 0.05) is 43.9 Å². The van der Waals surface area contributed by atoms with Crippen molar-refractivity contribution in [1.29, 1.82) is 0 Å². The van der Waals surface area contributed by atoms with E-state index in [4.69, 9.17) is 21.3 Å². The number of amides is 2. The van der Waals surface area contributed by atoms with Gasteiger partial charge in [-0.2, -0.15) is 0 Å². The first kappa shape index (κ1) is 29.3. The van der Waals surface area contributed by atoms with Gasteiger partial charge in [0.15, 0.2) is 5.96 Å². The number of carbonyl (C=O) groups is 2.